The molecule has 0 N–H and O–H groups in total. The van der Waals surface area contributed by atoms with E-state index in [1.165, 1.54) is 23.8 Å². The number of nitriles is 1. The number of aromatic nitrogens is 3. The number of likely N-dealkylation sites (tertiary alicyclic amines) is 1. The number of rotatable bonds is 11. The third-order valence-electron chi connectivity index (χ3n) is 10.2. The van der Waals surface area contributed by atoms with E-state index in [4.69, 9.17) is 19.4 Å². The predicted octanol–water partition coefficient (Wildman–Crippen LogP) is 2.73. The number of fused-ring (bicyclic) bond motifs is 2. The molecule has 3 aromatic rings. The Morgan fingerprint density at radius 3 is 2.77 bits per heavy atom. The van der Waals surface area contributed by atoms with Crippen LogP contribution in [0.1, 0.15) is 48.9 Å². The normalized spacial score (nSPS) is 21.6. The quantitative estimate of drug-likeness (QED) is 0.172. The lowest BCUT2D eigenvalue weighted by Gasteiger charge is -2.49. The summed E-state index contributed by atoms with van der Waals surface area (Å²) in [6, 6.07) is 9.08. The molecule has 48 heavy (non-hydrogen) atoms. The highest BCUT2D eigenvalue weighted by atomic mass is 28.1. The Hall–Kier alpha value is -4.05. The van der Waals surface area contributed by atoms with Crippen LogP contribution in [0.15, 0.2) is 42.7 Å². The smallest absolute Gasteiger partial charge is 0.318 e. The molecule has 0 bridgehead atoms. The minimum atomic E-state index is -0.536. The molecule has 1 saturated carbocycles. The first-order valence-corrected chi connectivity index (χ1v) is 18.5. The summed E-state index contributed by atoms with van der Waals surface area (Å²) in [5, 5.41) is 11.7. The van der Waals surface area contributed by atoms with Crippen LogP contribution in [0.5, 0.6) is 6.01 Å². The van der Waals surface area contributed by atoms with E-state index < -0.39 is 5.16 Å². The molecule has 3 aliphatic heterocycles. The summed E-state index contributed by atoms with van der Waals surface area (Å²) in [5.74, 6) is 0.859. The van der Waals surface area contributed by atoms with Crippen LogP contribution < -0.4 is 14.5 Å². The number of hydrogen-bond donors (Lipinski definition) is 0. The van der Waals surface area contributed by atoms with Crippen LogP contribution in [-0.2, 0) is 22.5 Å². The van der Waals surface area contributed by atoms with Gasteiger partial charge in [-0.25, -0.2) is 0 Å². The van der Waals surface area contributed by atoms with Gasteiger partial charge in [-0.3, -0.25) is 14.7 Å². The number of nitrogens with zero attached hydrogens (tertiary/aromatic N) is 8. The maximum Gasteiger partial charge on any atom is 0.318 e. The number of benzene rings is 1. The summed E-state index contributed by atoms with van der Waals surface area (Å²) in [5.41, 5.74) is 4.38. The Labute approximate surface area is 286 Å². The molecule has 0 spiro atoms. The average molecular weight is 667 g/mol. The summed E-state index contributed by atoms with van der Waals surface area (Å²) >= 11 is 0. The number of piperazine rings is 1. The molecule has 3 fully saturated rings. The molecular weight excluding hydrogens is 621 g/mol. The van der Waals surface area contributed by atoms with Gasteiger partial charge in [-0.05, 0) is 57.7 Å². The van der Waals surface area contributed by atoms with E-state index in [0.717, 1.165) is 73.6 Å². The molecular formula is C36H46N8O3Si. The number of hydrogen-bond acceptors (Lipinski definition) is 10. The van der Waals surface area contributed by atoms with Crippen molar-refractivity contribution < 1.29 is 14.3 Å². The molecule has 12 heteroatoms. The van der Waals surface area contributed by atoms with Gasteiger partial charge in [0.05, 0.1) is 54.5 Å². The van der Waals surface area contributed by atoms with Crippen molar-refractivity contribution in [3.8, 4) is 12.1 Å². The molecule has 252 valence electrons. The van der Waals surface area contributed by atoms with Crippen molar-refractivity contribution in [2.75, 3.05) is 68.8 Å². The Morgan fingerprint density at radius 2 is 1.96 bits per heavy atom. The molecule has 2 saturated heterocycles. The van der Waals surface area contributed by atoms with Gasteiger partial charge in [-0.1, -0.05) is 24.3 Å². The topological polar surface area (TPSA) is 111 Å². The van der Waals surface area contributed by atoms with Gasteiger partial charge in [0, 0.05) is 71.6 Å². The fourth-order valence-corrected chi connectivity index (χ4v) is 8.43. The first kappa shape index (κ1) is 32.5. The Morgan fingerprint density at radius 1 is 1.10 bits per heavy atom. The van der Waals surface area contributed by atoms with Crippen LogP contribution in [0.2, 0.25) is 0 Å². The SMILES string of the molecule is Cc1cccc2cncc(N3CCc4c(nc(OCCOC5CC5)nc4N4CCN(C(=O)/C=C/CN5CCCC5)[C@]([SiH3])(CC#N)C4)C3)c12. The monoisotopic (exact) mass is 666 g/mol. The van der Waals surface area contributed by atoms with E-state index in [1.807, 2.05) is 23.4 Å². The lowest BCUT2D eigenvalue weighted by molar-refractivity contribution is -0.129. The number of carbonyl (C=O) groups excluding carboxylic acids is 1. The number of ether oxygens (including phenoxy) is 2. The van der Waals surface area contributed by atoms with Crippen molar-refractivity contribution in [1.29, 1.82) is 5.26 Å². The molecule has 1 atom stereocenters. The van der Waals surface area contributed by atoms with Crippen LogP contribution in [0, 0.1) is 18.3 Å². The minimum absolute atomic E-state index is 0.00173. The number of amides is 1. The second-order valence-electron chi connectivity index (χ2n) is 13.8. The third-order valence-corrected chi connectivity index (χ3v) is 11.4. The van der Waals surface area contributed by atoms with Crippen molar-refractivity contribution in [3.05, 3.63) is 59.6 Å². The van der Waals surface area contributed by atoms with Crippen molar-refractivity contribution in [2.24, 2.45) is 0 Å². The Balaban J connectivity index is 1.15. The van der Waals surface area contributed by atoms with Crippen molar-refractivity contribution in [1.82, 2.24) is 24.8 Å². The number of pyridine rings is 1. The second kappa shape index (κ2) is 14.2. The lowest BCUT2D eigenvalue weighted by Crippen LogP contribution is -2.64. The predicted molar refractivity (Wildman–Crippen MR) is 189 cm³/mol. The van der Waals surface area contributed by atoms with Gasteiger partial charge in [-0.2, -0.15) is 15.2 Å². The standard InChI is InChI=1S/C36H46N8O3Si/c1-26-6-4-7-27-22-38-23-31(33(26)27)42-17-11-29-30(24-42)39-35(47-21-20-46-28-9-10-28)40-34(29)43-18-19-44(36(48,25-43)12-13-37)32(45)8-5-16-41-14-2-3-15-41/h4-8,22-23,28H,2-3,9-12,14-21,24-25H2,1,48H3/b8-5+/t36-/m0/s1. The summed E-state index contributed by atoms with van der Waals surface area (Å²) < 4.78 is 12.0. The molecule has 1 aliphatic carbocycles. The van der Waals surface area contributed by atoms with E-state index in [9.17, 15) is 10.1 Å². The van der Waals surface area contributed by atoms with E-state index in [2.05, 4.69) is 50.9 Å². The van der Waals surface area contributed by atoms with E-state index in [0.29, 0.717) is 61.7 Å². The Bertz CT molecular complexity index is 1710. The molecule has 11 nitrogen and oxygen atoms in total. The van der Waals surface area contributed by atoms with Gasteiger partial charge in [0.15, 0.2) is 0 Å². The summed E-state index contributed by atoms with van der Waals surface area (Å²) in [6.45, 7) is 9.16. The first-order valence-electron chi connectivity index (χ1n) is 17.5. The first-order chi connectivity index (χ1) is 23.4. The highest BCUT2D eigenvalue weighted by Crippen LogP contribution is 2.36. The molecule has 4 aliphatic rings. The number of anilines is 2. The van der Waals surface area contributed by atoms with Crippen LogP contribution >= 0.6 is 0 Å². The van der Waals surface area contributed by atoms with Gasteiger partial charge in [0.25, 0.3) is 0 Å². The molecule has 0 radical (unpaired) electrons. The molecule has 2 aromatic heterocycles. The van der Waals surface area contributed by atoms with E-state index in [-0.39, 0.29) is 12.3 Å². The summed E-state index contributed by atoms with van der Waals surface area (Å²) in [7, 11) is 0.654. The maximum absolute atomic E-state index is 13.5. The van der Waals surface area contributed by atoms with E-state index >= 15 is 0 Å². The zero-order valence-electron chi connectivity index (χ0n) is 28.2. The van der Waals surface area contributed by atoms with Crippen molar-refractivity contribution >= 4 is 38.4 Å². The van der Waals surface area contributed by atoms with Crippen LogP contribution in [0.4, 0.5) is 11.5 Å². The largest absolute Gasteiger partial charge is 0.461 e. The molecule has 1 amide bonds. The van der Waals surface area contributed by atoms with E-state index in [1.54, 1.807) is 6.08 Å². The lowest BCUT2D eigenvalue weighted by atomic mass is 10.0. The minimum Gasteiger partial charge on any atom is -0.461 e. The van der Waals surface area contributed by atoms with Gasteiger partial charge in [-0.15, -0.1) is 0 Å². The average Bonchev–Trinajstić information content (AvgIpc) is 3.77. The highest BCUT2D eigenvalue weighted by Gasteiger charge is 2.41. The fourth-order valence-electron chi connectivity index (χ4n) is 7.45. The third kappa shape index (κ3) is 7.04. The zero-order chi connectivity index (χ0) is 33.1. The maximum atomic E-state index is 13.5. The van der Waals surface area contributed by atoms with Crippen LogP contribution in [0.25, 0.3) is 10.8 Å². The number of carbonyl (C=O) groups is 1. The molecule has 1 aromatic carbocycles. The van der Waals surface area contributed by atoms with Gasteiger partial charge in [0.1, 0.15) is 12.4 Å². The molecule has 7 rings (SSSR count). The van der Waals surface area contributed by atoms with Gasteiger partial charge >= 0.3 is 6.01 Å². The summed E-state index contributed by atoms with van der Waals surface area (Å²) in [4.78, 5) is 37.0. The van der Waals surface area contributed by atoms with Gasteiger partial charge in [0.2, 0.25) is 5.91 Å². The second-order valence-corrected chi connectivity index (χ2v) is 15.7. The Kier molecular flexibility index (Phi) is 9.61. The number of aryl methyl sites for hydroxylation is 1. The van der Waals surface area contributed by atoms with Crippen LogP contribution in [0.3, 0.4) is 0 Å². The van der Waals surface area contributed by atoms with Crippen LogP contribution in [-0.4, -0.2) is 111 Å². The van der Waals surface area contributed by atoms with Crippen molar-refractivity contribution in [2.45, 2.75) is 63.3 Å². The van der Waals surface area contributed by atoms with Crippen molar-refractivity contribution in [3.63, 3.8) is 0 Å². The summed E-state index contributed by atoms with van der Waals surface area (Å²) in [6.07, 6.45) is 13.7. The fraction of sp³-hybridized carbons (Fsp3) is 0.528. The molecule has 0 unspecified atom stereocenters. The zero-order valence-corrected chi connectivity index (χ0v) is 30.2. The highest BCUT2D eigenvalue weighted by molar-refractivity contribution is 6.18. The van der Waals surface area contributed by atoms with Gasteiger partial charge < -0.3 is 24.2 Å². The molecule has 5 heterocycles.